The van der Waals surface area contributed by atoms with Gasteiger partial charge in [0.25, 0.3) is 0 Å². The minimum Gasteiger partial charge on any atom is -0.355 e. The highest BCUT2D eigenvalue weighted by Gasteiger charge is 2.25. The van der Waals surface area contributed by atoms with E-state index >= 15 is 0 Å². The lowest BCUT2D eigenvalue weighted by atomic mass is 9.84. The van der Waals surface area contributed by atoms with Crippen LogP contribution in [-0.2, 0) is 10.2 Å². The molecule has 0 aromatic heterocycles. The van der Waals surface area contributed by atoms with E-state index in [0.29, 0.717) is 13.0 Å². The largest absolute Gasteiger partial charge is 0.355 e. The summed E-state index contributed by atoms with van der Waals surface area (Å²) < 4.78 is 0. The maximum absolute atomic E-state index is 12.0. The van der Waals surface area contributed by atoms with E-state index in [1.165, 1.54) is 5.56 Å². The molecule has 0 saturated carbocycles. The van der Waals surface area contributed by atoms with Crippen molar-refractivity contribution < 1.29 is 4.79 Å². The van der Waals surface area contributed by atoms with E-state index in [1.807, 2.05) is 18.2 Å². The second kappa shape index (κ2) is 6.40. The average Bonchev–Trinajstić information content (AvgIpc) is 2.36. The van der Waals surface area contributed by atoms with Gasteiger partial charge in [-0.2, -0.15) is 0 Å². The molecule has 1 unspecified atom stereocenters. The zero-order valence-electron chi connectivity index (χ0n) is 13.4. The van der Waals surface area contributed by atoms with Crippen molar-refractivity contribution in [1.82, 2.24) is 5.32 Å². The first-order valence-electron chi connectivity index (χ1n) is 7.21. The van der Waals surface area contributed by atoms with Crippen molar-refractivity contribution in [3.63, 3.8) is 0 Å². The van der Waals surface area contributed by atoms with E-state index in [9.17, 15) is 4.79 Å². The lowest BCUT2D eigenvalue weighted by Gasteiger charge is -2.28. The molecule has 1 aromatic rings. The number of hydrogen-bond donors (Lipinski definition) is 2. The summed E-state index contributed by atoms with van der Waals surface area (Å²) in [5.41, 5.74) is 7.13. The molecule has 3 N–H and O–H groups in total. The third kappa shape index (κ3) is 4.97. The van der Waals surface area contributed by atoms with Gasteiger partial charge in [-0.25, -0.2) is 0 Å². The van der Waals surface area contributed by atoms with Gasteiger partial charge in [0.2, 0.25) is 5.91 Å². The third-order valence-corrected chi connectivity index (χ3v) is 3.80. The van der Waals surface area contributed by atoms with E-state index in [-0.39, 0.29) is 22.8 Å². The van der Waals surface area contributed by atoms with Gasteiger partial charge in [0.1, 0.15) is 0 Å². The quantitative estimate of drug-likeness (QED) is 0.869. The summed E-state index contributed by atoms with van der Waals surface area (Å²) in [6, 6.07) is 10.1. The number of nitrogens with two attached hydrogens (primary N) is 1. The summed E-state index contributed by atoms with van der Waals surface area (Å²) in [7, 11) is 0. The molecule has 1 atom stereocenters. The van der Waals surface area contributed by atoms with Crippen LogP contribution >= 0.6 is 0 Å². The molecule has 112 valence electrons. The van der Waals surface area contributed by atoms with Crippen LogP contribution < -0.4 is 11.1 Å². The molecule has 1 aromatic carbocycles. The van der Waals surface area contributed by atoms with Crippen LogP contribution in [0.15, 0.2) is 30.3 Å². The minimum absolute atomic E-state index is 0.0245. The number of hydrogen-bond acceptors (Lipinski definition) is 2. The number of carbonyl (C=O) groups excluding carboxylic acids is 1. The van der Waals surface area contributed by atoms with Gasteiger partial charge >= 0.3 is 0 Å². The fraction of sp³-hybridized carbons (Fsp3) is 0.588. The Bertz CT molecular complexity index is 432. The van der Waals surface area contributed by atoms with E-state index in [4.69, 9.17) is 5.73 Å². The monoisotopic (exact) mass is 276 g/mol. The van der Waals surface area contributed by atoms with Gasteiger partial charge in [-0.3, -0.25) is 4.79 Å². The Morgan fingerprint density at radius 1 is 1.15 bits per heavy atom. The zero-order valence-corrected chi connectivity index (χ0v) is 13.4. The zero-order chi connectivity index (χ0) is 15.4. The highest BCUT2D eigenvalue weighted by atomic mass is 16.1. The van der Waals surface area contributed by atoms with Crippen molar-refractivity contribution in [2.75, 3.05) is 6.54 Å². The second-order valence-corrected chi connectivity index (χ2v) is 7.20. The summed E-state index contributed by atoms with van der Waals surface area (Å²) in [4.78, 5) is 12.0. The van der Waals surface area contributed by atoms with Gasteiger partial charge in [0.15, 0.2) is 0 Å². The van der Waals surface area contributed by atoms with E-state index < -0.39 is 0 Å². The van der Waals surface area contributed by atoms with Crippen LogP contribution in [0.2, 0.25) is 0 Å². The topological polar surface area (TPSA) is 55.1 Å². The Kier molecular flexibility index (Phi) is 5.35. The van der Waals surface area contributed by atoms with Crippen molar-refractivity contribution in [1.29, 1.82) is 0 Å². The molecule has 0 bridgehead atoms. The molecule has 0 spiro atoms. The SMILES string of the molecule is CC(C)(CNC(=O)CC(N)C(C)(C)C)c1ccccc1. The molecule has 0 radical (unpaired) electrons. The molecule has 3 nitrogen and oxygen atoms in total. The van der Waals surface area contributed by atoms with E-state index in [0.717, 1.165) is 0 Å². The summed E-state index contributed by atoms with van der Waals surface area (Å²) in [6.45, 7) is 11.0. The van der Waals surface area contributed by atoms with Gasteiger partial charge in [-0.15, -0.1) is 0 Å². The summed E-state index contributed by atoms with van der Waals surface area (Å²) in [5, 5.41) is 3.01. The minimum atomic E-state index is -0.123. The Morgan fingerprint density at radius 3 is 2.20 bits per heavy atom. The molecule has 20 heavy (non-hydrogen) atoms. The van der Waals surface area contributed by atoms with Crippen molar-refractivity contribution in [3.05, 3.63) is 35.9 Å². The summed E-state index contributed by atoms with van der Waals surface area (Å²) >= 11 is 0. The summed E-state index contributed by atoms with van der Waals surface area (Å²) in [6.07, 6.45) is 0.369. The molecule has 0 heterocycles. The molecule has 3 heteroatoms. The maximum Gasteiger partial charge on any atom is 0.221 e. The molecule has 1 amide bonds. The van der Waals surface area contributed by atoms with Gasteiger partial charge in [0.05, 0.1) is 0 Å². The normalized spacial score (nSPS) is 13.9. The highest BCUT2D eigenvalue weighted by molar-refractivity contribution is 5.76. The van der Waals surface area contributed by atoms with E-state index in [2.05, 4.69) is 52.1 Å². The van der Waals surface area contributed by atoms with Crippen LogP contribution in [0.5, 0.6) is 0 Å². The first kappa shape index (κ1) is 16.7. The molecule has 1 rings (SSSR count). The molecular formula is C17H28N2O. The predicted molar refractivity (Wildman–Crippen MR) is 84.5 cm³/mol. The van der Waals surface area contributed by atoms with Gasteiger partial charge in [-0.1, -0.05) is 65.0 Å². The highest BCUT2D eigenvalue weighted by Crippen LogP contribution is 2.22. The molecule has 0 aliphatic carbocycles. The van der Waals surface area contributed by atoms with Crippen molar-refractivity contribution in [2.45, 2.75) is 52.5 Å². The Hall–Kier alpha value is -1.35. The number of rotatable bonds is 5. The predicted octanol–water partition coefficient (Wildman–Crippen LogP) is 2.84. The van der Waals surface area contributed by atoms with Crippen molar-refractivity contribution in [2.24, 2.45) is 11.1 Å². The number of carbonyl (C=O) groups is 1. The van der Waals surface area contributed by atoms with Gasteiger partial charge < -0.3 is 11.1 Å². The van der Waals surface area contributed by atoms with Crippen LogP contribution in [0.1, 0.15) is 46.6 Å². The molecule has 0 aliphatic heterocycles. The average molecular weight is 276 g/mol. The Labute approximate surface area is 122 Å². The first-order valence-corrected chi connectivity index (χ1v) is 7.21. The molecular weight excluding hydrogens is 248 g/mol. The number of benzene rings is 1. The fourth-order valence-corrected chi connectivity index (χ4v) is 1.89. The standard InChI is InChI=1S/C17H28N2O/c1-16(2,3)14(18)11-15(20)19-12-17(4,5)13-9-7-6-8-10-13/h6-10,14H,11-12,18H2,1-5H3,(H,19,20). The number of nitrogens with one attached hydrogen (secondary N) is 1. The third-order valence-electron chi connectivity index (χ3n) is 3.80. The lowest BCUT2D eigenvalue weighted by molar-refractivity contribution is -0.122. The first-order chi connectivity index (χ1) is 9.13. The van der Waals surface area contributed by atoms with Crippen LogP contribution in [0.25, 0.3) is 0 Å². The van der Waals surface area contributed by atoms with Crippen LogP contribution in [0.4, 0.5) is 0 Å². The molecule has 0 fully saturated rings. The van der Waals surface area contributed by atoms with E-state index in [1.54, 1.807) is 0 Å². The van der Waals surface area contributed by atoms with Crippen LogP contribution in [0, 0.1) is 5.41 Å². The number of amides is 1. The Morgan fingerprint density at radius 2 is 1.70 bits per heavy atom. The molecule has 0 aliphatic rings. The smallest absolute Gasteiger partial charge is 0.221 e. The fourth-order valence-electron chi connectivity index (χ4n) is 1.89. The van der Waals surface area contributed by atoms with Crippen molar-refractivity contribution >= 4 is 5.91 Å². The Balaban J connectivity index is 2.53. The lowest BCUT2D eigenvalue weighted by Crippen LogP contribution is -2.43. The van der Waals surface area contributed by atoms with Crippen LogP contribution in [-0.4, -0.2) is 18.5 Å². The second-order valence-electron chi connectivity index (χ2n) is 7.20. The molecule has 0 saturated heterocycles. The van der Waals surface area contributed by atoms with Crippen molar-refractivity contribution in [3.8, 4) is 0 Å². The van der Waals surface area contributed by atoms with Gasteiger partial charge in [-0.05, 0) is 11.0 Å². The summed E-state index contributed by atoms with van der Waals surface area (Å²) in [5.74, 6) is 0.0245. The maximum atomic E-state index is 12.0. The van der Waals surface area contributed by atoms with Gasteiger partial charge in [0, 0.05) is 24.4 Å². The van der Waals surface area contributed by atoms with Crippen LogP contribution in [0.3, 0.4) is 0 Å².